The summed E-state index contributed by atoms with van der Waals surface area (Å²) in [6, 6.07) is 15.2. The van der Waals surface area contributed by atoms with Gasteiger partial charge in [-0.1, -0.05) is 36.4 Å². The van der Waals surface area contributed by atoms with Crippen molar-refractivity contribution in [2.24, 2.45) is 4.99 Å². The lowest BCUT2D eigenvalue weighted by Crippen LogP contribution is -2.38. The first-order chi connectivity index (χ1) is 13.6. The van der Waals surface area contributed by atoms with E-state index in [1.54, 1.807) is 0 Å². The molecule has 0 saturated carbocycles. The van der Waals surface area contributed by atoms with Gasteiger partial charge in [0.2, 0.25) is 0 Å². The molecule has 2 N–H and O–H groups in total. The van der Waals surface area contributed by atoms with Crippen molar-refractivity contribution in [1.82, 2.24) is 15.5 Å². The first-order valence-electron chi connectivity index (χ1n) is 10.1. The second-order valence-corrected chi connectivity index (χ2v) is 7.47. The Morgan fingerprint density at radius 3 is 2.69 bits per heavy atom. The van der Waals surface area contributed by atoms with Gasteiger partial charge in [-0.3, -0.25) is 0 Å². The largest absolute Gasteiger partial charge is 0.493 e. The van der Waals surface area contributed by atoms with Crippen molar-refractivity contribution in [3.05, 3.63) is 64.7 Å². The first kappa shape index (κ1) is 23.5. The average molecular weight is 508 g/mol. The van der Waals surface area contributed by atoms with Gasteiger partial charge in [-0.25, -0.2) is 4.99 Å². The van der Waals surface area contributed by atoms with Crippen molar-refractivity contribution < 1.29 is 4.74 Å². The van der Waals surface area contributed by atoms with Crippen LogP contribution in [0.4, 0.5) is 0 Å². The topological polar surface area (TPSA) is 48.9 Å². The van der Waals surface area contributed by atoms with Gasteiger partial charge in [0.25, 0.3) is 0 Å². The number of aliphatic imine (C=N–C) groups is 1. The van der Waals surface area contributed by atoms with Crippen molar-refractivity contribution >= 4 is 29.9 Å². The third-order valence-electron chi connectivity index (χ3n) is 4.71. The summed E-state index contributed by atoms with van der Waals surface area (Å²) < 4.78 is 5.58. The van der Waals surface area contributed by atoms with Crippen LogP contribution in [0.1, 0.15) is 29.2 Å². The third kappa shape index (κ3) is 7.51. The minimum absolute atomic E-state index is 0. The van der Waals surface area contributed by atoms with Crippen LogP contribution in [0.15, 0.2) is 47.5 Å². The van der Waals surface area contributed by atoms with Crippen LogP contribution in [0.2, 0.25) is 0 Å². The molecule has 0 aliphatic carbocycles. The van der Waals surface area contributed by atoms with Crippen LogP contribution in [-0.2, 0) is 25.9 Å². The van der Waals surface area contributed by atoms with Gasteiger partial charge in [-0.15, -0.1) is 24.0 Å². The third-order valence-corrected chi connectivity index (χ3v) is 4.71. The Hall–Kier alpha value is -1.80. The smallest absolute Gasteiger partial charge is 0.191 e. The zero-order valence-corrected chi connectivity index (χ0v) is 20.0. The van der Waals surface area contributed by atoms with E-state index in [0.717, 1.165) is 50.8 Å². The lowest BCUT2D eigenvalue weighted by atomic mass is 10.1. The fraction of sp³-hybridized carbons (Fsp3) is 0.435. The van der Waals surface area contributed by atoms with Crippen molar-refractivity contribution in [1.29, 1.82) is 0 Å². The monoisotopic (exact) mass is 508 g/mol. The molecule has 1 aliphatic rings. The highest BCUT2D eigenvalue weighted by Gasteiger charge is 2.11. The van der Waals surface area contributed by atoms with E-state index < -0.39 is 0 Å². The molecule has 0 atom stereocenters. The van der Waals surface area contributed by atoms with Gasteiger partial charge in [-0.2, -0.15) is 0 Å². The van der Waals surface area contributed by atoms with E-state index >= 15 is 0 Å². The van der Waals surface area contributed by atoms with Crippen molar-refractivity contribution in [2.75, 3.05) is 33.8 Å². The van der Waals surface area contributed by atoms with E-state index in [-0.39, 0.29) is 24.0 Å². The zero-order valence-electron chi connectivity index (χ0n) is 17.7. The van der Waals surface area contributed by atoms with E-state index in [4.69, 9.17) is 9.73 Å². The Kier molecular flexibility index (Phi) is 9.73. The van der Waals surface area contributed by atoms with Gasteiger partial charge in [0, 0.05) is 26.1 Å². The van der Waals surface area contributed by atoms with Crippen LogP contribution in [0.25, 0.3) is 0 Å². The average Bonchev–Trinajstić information content (AvgIpc) is 3.14. The normalized spacial score (nSPS) is 12.9. The van der Waals surface area contributed by atoms with Gasteiger partial charge in [0.1, 0.15) is 5.75 Å². The highest BCUT2D eigenvalue weighted by Crippen LogP contribution is 2.25. The molecule has 3 rings (SSSR count). The molecule has 1 aliphatic heterocycles. The number of hydrogen-bond donors (Lipinski definition) is 2. The lowest BCUT2D eigenvalue weighted by Gasteiger charge is -2.13. The molecule has 1 heterocycles. The van der Waals surface area contributed by atoms with Crippen LogP contribution in [0.3, 0.4) is 0 Å². The summed E-state index contributed by atoms with van der Waals surface area (Å²) in [7, 11) is 4.18. The maximum absolute atomic E-state index is 5.58. The summed E-state index contributed by atoms with van der Waals surface area (Å²) in [6.45, 7) is 6.22. The van der Waals surface area contributed by atoms with E-state index in [1.807, 2.05) is 0 Å². The molecule has 0 amide bonds. The van der Waals surface area contributed by atoms with Crippen LogP contribution in [0.5, 0.6) is 5.75 Å². The summed E-state index contributed by atoms with van der Waals surface area (Å²) in [5, 5.41) is 6.79. The first-order valence-corrected chi connectivity index (χ1v) is 10.1. The molecular formula is C23H33IN4O. The van der Waals surface area contributed by atoms with Gasteiger partial charge in [0.15, 0.2) is 5.96 Å². The number of ether oxygens (including phenoxy) is 1. The van der Waals surface area contributed by atoms with Gasteiger partial charge < -0.3 is 20.3 Å². The quantitative estimate of drug-likeness (QED) is 0.325. The Morgan fingerprint density at radius 2 is 1.90 bits per heavy atom. The molecule has 0 saturated heterocycles. The Bertz CT molecular complexity index is 807. The molecule has 6 heteroatoms. The highest BCUT2D eigenvalue weighted by atomic mass is 127. The number of benzene rings is 2. The molecule has 158 valence electrons. The second kappa shape index (κ2) is 12.0. The maximum Gasteiger partial charge on any atom is 0.191 e. The fourth-order valence-electron chi connectivity index (χ4n) is 3.42. The summed E-state index contributed by atoms with van der Waals surface area (Å²) in [5.74, 6) is 1.91. The fourth-order valence-corrected chi connectivity index (χ4v) is 3.42. The predicted molar refractivity (Wildman–Crippen MR) is 131 cm³/mol. The Balaban J connectivity index is 0.00000300. The Morgan fingerprint density at radius 1 is 1.07 bits per heavy atom. The molecule has 29 heavy (non-hydrogen) atoms. The number of guanidine groups is 1. The van der Waals surface area contributed by atoms with Gasteiger partial charge >= 0.3 is 0 Å². The molecule has 0 bridgehead atoms. The molecule has 0 aromatic heterocycles. The number of rotatable bonds is 8. The predicted octanol–water partition coefficient (Wildman–Crippen LogP) is 3.60. The van der Waals surface area contributed by atoms with Crippen molar-refractivity contribution in [3.63, 3.8) is 0 Å². The summed E-state index contributed by atoms with van der Waals surface area (Å²) >= 11 is 0. The standard InChI is InChI=1S/C23H32N4O.HI/c1-4-24-23(26-16-19-6-5-7-20(14-19)17-27(2)3)25-12-10-18-8-9-22-21(15-18)11-13-28-22;/h5-9,14-15H,4,10-13,16-17H2,1-3H3,(H2,24,25,26);1H. The summed E-state index contributed by atoms with van der Waals surface area (Å²) in [4.78, 5) is 6.93. The molecule has 0 unspecified atom stereocenters. The van der Waals surface area contributed by atoms with E-state index in [1.165, 1.54) is 22.3 Å². The van der Waals surface area contributed by atoms with Gasteiger partial charge in [0.05, 0.1) is 13.2 Å². The second-order valence-electron chi connectivity index (χ2n) is 7.47. The number of hydrogen-bond acceptors (Lipinski definition) is 3. The minimum Gasteiger partial charge on any atom is -0.493 e. The molecule has 0 radical (unpaired) electrons. The van der Waals surface area contributed by atoms with Crippen molar-refractivity contribution in [2.45, 2.75) is 32.9 Å². The molecule has 5 nitrogen and oxygen atoms in total. The van der Waals surface area contributed by atoms with E-state index in [0.29, 0.717) is 6.54 Å². The maximum atomic E-state index is 5.58. The molecular weight excluding hydrogens is 475 g/mol. The highest BCUT2D eigenvalue weighted by molar-refractivity contribution is 14.0. The molecule has 0 fully saturated rings. The number of halogens is 1. The number of fused-ring (bicyclic) bond motifs is 1. The SMILES string of the molecule is CCNC(=NCc1cccc(CN(C)C)c1)NCCc1ccc2c(c1)CCO2.I. The summed E-state index contributed by atoms with van der Waals surface area (Å²) in [6.07, 6.45) is 1.99. The molecule has 2 aromatic rings. The van der Waals surface area contributed by atoms with Crippen LogP contribution < -0.4 is 15.4 Å². The van der Waals surface area contributed by atoms with Gasteiger partial charge in [-0.05, 0) is 55.8 Å². The molecule has 0 spiro atoms. The molecule has 2 aromatic carbocycles. The summed E-state index contributed by atoms with van der Waals surface area (Å²) in [5.41, 5.74) is 5.21. The van der Waals surface area contributed by atoms with Crippen LogP contribution in [-0.4, -0.2) is 44.7 Å². The number of nitrogens with zero attached hydrogens (tertiary/aromatic N) is 2. The number of nitrogens with one attached hydrogen (secondary N) is 2. The zero-order chi connectivity index (χ0) is 19.8. The van der Waals surface area contributed by atoms with E-state index in [2.05, 4.69) is 79.0 Å². The van der Waals surface area contributed by atoms with Crippen molar-refractivity contribution in [3.8, 4) is 5.75 Å². The van der Waals surface area contributed by atoms with Crippen LogP contribution in [0, 0.1) is 0 Å². The lowest BCUT2D eigenvalue weighted by molar-refractivity contribution is 0.357. The van der Waals surface area contributed by atoms with Crippen LogP contribution >= 0.6 is 24.0 Å². The Labute approximate surface area is 192 Å². The minimum atomic E-state index is 0. The van der Waals surface area contributed by atoms with E-state index in [9.17, 15) is 0 Å².